The number of anilines is 1. The van der Waals surface area contributed by atoms with Gasteiger partial charge in [0.15, 0.2) is 0 Å². The highest BCUT2D eigenvalue weighted by molar-refractivity contribution is 9.11. The van der Waals surface area contributed by atoms with Gasteiger partial charge in [-0.25, -0.2) is 4.98 Å². The Balaban J connectivity index is 2.70. The number of hydrogen-bond donors (Lipinski definition) is 1. The van der Waals surface area contributed by atoms with Crippen LogP contribution in [0, 0.1) is 0 Å². The minimum absolute atomic E-state index is 0.0571. The molecule has 0 aliphatic rings. The van der Waals surface area contributed by atoms with Crippen LogP contribution in [-0.2, 0) is 4.74 Å². The molecule has 1 rings (SSSR count). The van der Waals surface area contributed by atoms with E-state index < -0.39 is 0 Å². The van der Waals surface area contributed by atoms with Crippen LogP contribution in [0.1, 0.15) is 0 Å². The van der Waals surface area contributed by atoms with Gasteiger partial charge in [-0.3, -0.25) is 0 Å². The van der Waals surface area contributed by atoms with E-state index in [-0.39, 0.29) is 6.04 Å². The predicted molar refractivity (Wildman–Crippen MR) is 69.6 cm³/mol. The van der Waals surface area contributed by atoms with E-state index in [1.165, 1.54) is 0 Å². The van der Waals surface area contributed by atoms with Crippen molar-refractivity contribution < 1.29 is 4.74 Å². The van der Waals surface area contributed by atoms with Crippen LogP contribution in [0.15, 0.2) is 21.2 Å². The van der Waals surface area contributed by atoms with E-state index in [1.54, 1.807) is 13.3 Å². The van der Waals surface area contributed by atoms with Gasteiger partial charge in [-0.05, 0) is 37.9 Å². The zero-order valence-corrected chi connectivity index (χ0v) is 12.1. The first kappa shape index (κ1) is 13.2. The molecule has 0 saturated heterocycles. The average Bonchev–Trinajstić information content (AvgIpc) is 2.21. The molecule has 0 amide bonds. The summed E-state index contributed by atoms with van der Waals surface area (Å²) in [6.07, 6.45) is 1.73. The molecule has 0 aliphatic carbocycles. The van der Waals surface area contributed by atoms with Gasteiger partial charge in [0.2, 0.25) is 0 Å². The third kappa shape index (κ3) is 4.26. The number of pyridine rings is 1. The number of rotatable bonds is 5. The lowest BCUT2D eigenvalue weighted by Gasteiger charge is -2.16. The van der Waals surface area contributed by atoms with Crippen LogP contribution in [0.2, 0.25) is 0 Å². The van der Waals surface area contributed by atoms with E-state index in [0.717, 1.165) is 14.8 Å². The molecular weight excluding hydrogens is 347 g/mol. The van der Waals surface area contributed by atoms with Crippen LogP contribution >= 0.6 is 43.5 Å². The zero-order valence-electron chi connectivity index (χ0n) is 8.14. The maximum atomic E-state index is 5.78. The maximum absolute atomic E-state index is 5.78. The summed E-state index contributed by atoms with van der Waals surface area (Å²) in [5.74, 6) is 1.23. The molecule has 1 N–H and O–H groups in total. The van der Waals surface area contributed by atoms with Gasteiger partial charge in [-0.15, -0.1) is 11.6 Å². The first-order valence-electron chi connectivity index (χ1n) is 4.30. The number of alkyl halides is 1. The largest absolute Gasteiger partial charge is 0.383 e. The third-order valence-electron chi connectivity index (χ3n) is 1.70. The number of nitrogens with one attached hydrogen (secondary N) is 1. The summed E-state index contributed by atoms with van der Waals surface area (Å²) in [4.78, 5) is 4.23. The van der Waals surface area contributed by atoms with Crippen molar-refractivity contribution in [2.45, 2.75) is 6.04 Å². The van der Waals surface area contributed by atoms with Crippen molar-refractivity contribution in [1.29, 1.82) is 0 Å². The molecule has 3 nitrogen and oxygen atoms in total. The lowest BCUT2D eigenvalue weighted by Crippen LogP contribution is -2.27. The summed E-state index contributed by atoms with van der Waals surface area (Å²) in [6.45, 7) is 0.549. The van der Waals surface area contributed by atoms with Gasteiger partial charge in [0.1, 0.15) is 5.82 Å². The zero-order chi connectivity index (χ0) is 11.3. The molecule has 84 valence electrons. The molecule has 0 radical (unpaired) electrons. The molecule has 0 fully saturated rings. The van der Waals surface area contributed by atoms with Crippen LogP contribution in [0.25, 0.3) is 0 Å². The number of ether oxygens (including phenoxy) is 1. The number of halogens is 3. The van der Waals surface area contributed by atoms with Gasteiger partial charge in [0.25, 0.3) is 0 Å². The van der Waals surface area contributed by atoms with E-state index in [4.69, 9.17) is 16.3 Å². The van der Waals surface area contributed by atoms with Crippen molar-refractivity contribution in [1.82, 2.24) is 4.98 Å². The molecule has 1 unspecified atom stereocenters. The average molecular weight is 358 g/mol. The van der Waals surface area contributed by atoms with Crippen LogP contribution in [0.3, 0.4) is 0 Å². The Kier molecular flexibility index (Phi) is 5.89. The summed E-state index contributed by atoms with van der Waals surface area (Å²) in [7, 11) is 1.64. The van der Waals surface area contributed by atoms with Crippen molar-refractivity contribution in [2.24, 2.45) is 0 Å². The van der Waals surface area contributed by atoms with E-state index in [2.05, 4.69) is 42.2 Å². The van der Waals surface area contributed by atoms with Crippen molar-refractivity contribution in [3.05, 3.63) is 21.2 Å². The van der Waals surface area contributed by atoms with Crippen LogP contribution in [-0.4, -0.2) is 30.6 Å². The normalized spacial score (nSPS) is 12.5. The summed E-state index contributed by atoms with van der Waals surface area (Å²) in [5.41, 5.74) is 0. The number of aromatic nitrogens is 1. The van der Waals surface area contributed by atoms with Gasteiger partial charge in [-0.1, -0.05) is 0 Å². The molecule has 1 aromatic heterocycles. The Morgan fingerprint density at radius 1 is 1.60 bits per heavy atom. The van der Waals surface area contributed by atoms with E-state index in [1.807, 2.05) is 6.07 Å². The minimum Gasteiger partial charge on any atom is -0.383 e. The molecule has 15 heavy (non-hydrogen) atoms. The second-order valence-corrected chi connectivity index (χ2v) is 5.01. The standard InChI is InChI=1S/C9H11Br2ClN2O/c1-15-5-7(3-12)14-9-8(11)2-6(10)4-13-9/h2,4,7H,3,5H2,1H3,(H,13,14). The van der Waals surface area contributed by atoms with Crippen LogP contribution < -0.4 is 5.32 Å². The molecule has 0 bridgehead atoms. The van der Waals surface area contributed by atoms with Gasteiger partial charge in [-0.2, -0.15) is 0 Å². The smallest absolute Gasteiger partial charge is 0.140 e. The van der Waals surface area contributed by atoms with Gasteiger partial charge in [0.05, 0.1) is 17.1 Å². The highest BCUT2D eigenvalue weighted by Gasteiger charge is 2.09. The fourth-order valence-corrected chi connectivity index (χ4v) is 2.31. The Labute approximate surface area is 111 Å². The topological polar surface area (TPSA) is 34.1 Å². The van der Waals surface area contributed by atoms with Crippen molar-refractivity contribution in [2.75, 3.05) is 24.9 Å². The second kappa shape index (κ2) is 6.68. The Morgan fingerprint density at radius 2 is 2.33 bits per heavy atom. The Morgan fingerprint density at radius 3 is 2.87 bits per heavy atom. The van der Waals surface area contributed by atoms with Crippen LogP contribution in [0.4, 0.5) is 5.82 Å². The number of methoxy groups -OCH3 is 1. The maximum Gasteiger partial charge on any atom is 0.140 e. The Bertz CT molecular complexity index is 325. The summed E-state index contributed by atoms with van der Waals surface area (Å²) < 4.78 is 6.85. The summed E-state index contributed by atoms with van der Waals surface area (Å²) >= 11 is 12.5. The minimum atomic E-state index is 0.0571. The molecule has 0 aromatic carbocycles. The van der Waals surface area contributed by atoms with Gasteiger partial charge in [0, 0.05) is 23.7 Å². The molecular formula is C9H11Br2ClN2O. The fraction of sp³-hybridized carbons (Fsp3) is 0.444. The lowest BCUT2D eigenvalue weighted by molar-refractivity contribution is 0.191. The van der Waals surface area contributed by atoms with Crippen LogP contribution in [0.5, 0.6) is 0 Å². The molecule has 1 aromatic rings. The molecule has 1 heterocycles. The monoisotopic (exact) mass is 356 g/mol. The van der Waals surface area contributed by atoms with Crippen molar-refractivity contribution >= 4 is 49.3 Å². The van der Waals surface area contributed by atoms with E-state index >= 15 is 0 Å². The van der Waals surface area contributed by atoms with Gasteiger partial charge >= 0.3 is 0 Å². The highest BCUT2D eigenvalue weighted by atomic mass is 79.9. The first-order valence-corrected chi connectivity index (χ1v) is 6.42. The molecule has 1 atom stereocenters. The Hall–Kier alpha value is 0.160. The number of nitrogens with zero attached hydrogens (tertiary/aromatic N) is 1. The van der Waals surface area contributed by atoms with E-state index in [9.17, 15) is 0 Å². The predicted octanol–water partition coefficient (Wildman–Crippen LogP) is 3.27. The first-order chi connectivity index (χ1) is 7.17. The van der Waals surface area contributed by atoms with E-state index in [0.29, 0.717) is 12.5 Å². The molecule has 0 spiro atoms. The summed E-state index contributed by atoms with van der Waals surface area (Å²) in [6, 6.07) is 1.98. The SMILES string of the molecule is COCC(CCl)Nc1ncc(Br)cc1Br. The quantitative estimate of drug-likeness (QED) is 0.821. The second-order valence-electron chi connectivity index (χ2n) is 2.93. The van der Waals surface area contributed by atoms with Crippen molar-refractivity contribution in [3.63, 3.8) is 0 Å². The van der Waals surface area contributed by atoms with Gasteiger partial charge < -0.3 is 10.1 Å². The fourth-order valence-electron chi connectivity index (χ4n) is 1.04. The summed E-state index contributed by atoms with van der Waals surface area (Å²) in [5, 5.41) is 3.19. The lowest BCUT2D eigenvalue weighted by atomic mass is 10.3. The van der Waals surface area contributed by atoms with Crippen molar-refractivity contribution in [3.8, 4) is 0 Å². The molecule has 0 saturated carbocycles. The third-order valence-corrected chi connectivity index (χ3v) is 3.11. The number of hydrogen-bond acceptors (Lipinski definition) is 3. The molecule has 6 heteroatoms. The molecule has 0 aliphatic heterocycles. The highest BCUT2D eigenvalue weighted by Crippen LogP contribution is 2.24.